The summed E-state index contributed by atoms with van der Waals surface area (Å²) in [5, 5.41) is 6.21. The number of rotatable bonds is 11. The summed E-state index contributed by atoms with van der Waals surface area (Å²) in [5.41, 5.74) is 0.695. The van der Waals surface area contributed by atoms with E-state index in [1.54, 1.807) is 39.7 Å². The van der Waals surface area contributed by atoms with Crippen LogP contribution in [0.4, 0.5) is 17.5 Å². The number of methoxy groups -OCH3 is 3. The van der Waals surface area contributed by atoms with Crippen molar-refractivity contribution in [3.05, 3.63) is 54.7 Å². The summed E-state index contributed by atoms with van der Waals surface area (Å²) in [7, 11) is 4.69. The van der Waals surface area contributed by atoms with Crippen molar-refractivity contribution < 1.29 is 23.7 Å². The lowest BCUT2D eigenvalue weighted by molar-refractivity contribution is -0.125. The number of anilines is 3. The number of para-hydroxylation sites is 1. The van der Waals surface area contributed by atoms with Crippen LogP contribution in [-0.2, 0) is 4.79 Å². The second-order valence-electron chi connectivity index (χ2n) is 8.52. The van der Waals surface area contributed by atoms with Crippen LogP contribution in [0.2, 0.25) is 0 Å². The molecule has 3 aromatic rings. The molecule has 10 heteroatoms. The van der Waals surface area contributed by atoms with Gasteiger partial charge in [-0.2, -0.15) is 4.98 Å². The van der Waals surface area contributed by atoms with E-state index in [9.17, 15) is 4.79 Å². The third-order valence-corrected chi connectivity index (χ3v) is 6.09. The van der Waals surface area contributed by atoms with E-state index in [0.717, 1.165) is 31.0 Å². The highest BCUT2D eigenvalue weighted by Gasteiger charge is 2.26. The maximum absolute atomic E-state index is 12.8. The van der Waals surface area contributed by atoms with E-state index in [2.05, 4.69) is 25.5 Å². The number of hydrogen-bond acceptors (Lipinski definition) is 9. The second-order valence-corrected chi connectivity index (χ2v) is 8.52. The predicted octanol–water partition coefficient (Wildman–Crippen LogP) is 3.66. The summed E-state index contributed by atoms with van der Waals surface area (Å²) in [5.74, 6) is 3.46. The highest BCUT2D eigenvalue weighted by atomic mass is 16.5. The van der Waals surface area contributed by atoms with Gasteiger partial charge in [0, 0.05) is 37.1 Å². The molecule has 4 rings (SSSR count). The van der Waals surface area contributed by atoms with E-state index < -0.39 is 0 Å². The van der Waals surface area contributed by atoms with Gasteiger partial charge in [-0.3, -0.25) is 4.79 Å². The van der Waals surface area contributed by atoms with Crippen LogP contribution in [0.5, 0.6) is 23.0 Å². The van der Waals surface area contributed by atoms with Crippen molar-refractivity contribution in [2.75, 3.05) is 57.8 Å². The van der Waals surface area contributed by atoms with Gasteiger partial charge in [-0.25, -0.2) is 4.98 Å². The Morgan fingerprint density at radius 3 is 2.51 bits per heavy atom. The quantitative estimate of drug-likeness (QED) is 0.376. The molecule has 1 saturated heterocycles. The molecule has 37 heavy (non-hydrogen) atoms. The lowest BCUT2D eigenvalue weighted by atomic mass is 9.97. The van der Waals surface area contributed by atoms with Crippen molar-refractivity contribution in [2.45, 2.75) is 12.8 Å². The van der Waals surface area contributed by atoms with Gasteiger partial charge in [0.1, 0.15) is 18.2 Å². The standard InChI is InChI=1S/C27H33N5O5/c1-34-22-16-20(17-23(35-2)25(22)36-3)30-27-29-12-11-24(31-27)32-14-7-8-19(18-32)26(33)28-13-15-37-21-9-5-4-6-10-21/h4-6,9-12,16-17,19H,7-8,13-15,18H2,1-3H3,(H,28,33)(H,29,30,31). The van der Waals surface area contributed by atoms with E-state index in [4.69, 9.17) is 18.9 Å². The Bertz CT molecular complexity index is 1150. The number of hydrogen-bond donors (Lipinski definition) is 2. The number of piperidine rings is 1. The number of ether oxygens (including phenoxy) is 4. The van der Waals surface area contributed by atoms with E-state index >= 15 is 0 Å². The highest BCUT2D eigenvalue weighted by Crippen LogP contribution is 2.40. The molecule has 0 spiro atoms. The minimum atomic E-state index is -0.119. The van der Waals surface area contributed by atoms with Crippen LogP contribution in [-0.4, -0.2) is 63.4 Å². The zero-order valence-corrected chi connectivity index (χ0v) is 21.4. The summed E-state index contributed by atoms with van der Waals surface area (Å²) in [6.45, 7) is 2.29. The summed E-state index contributed by atoms with van der Waals surface area (Å²) >= 11 is 0. The number of carbonyl (C=O) groups is 1. The Balaban J connectivity index is 1.35. The molecule has 2 N–H and O–H groups in total. The Kier molecular flexibility index (Phi) is 8.85. The summed E-state index contributed by atoms with van der Waals surface area (Å²) in [6.07, 6.45) is 3.44. The molecule has 10 nitrogen and oxygen atoms in total. The largest absolute Gasteiger partial charge is 0.493 e. The molecule has 0 bridgehead atoms. The molecule has 0 aliphatic carbocycles. The van der Waals surface area contributed by atoms with E-state index in [0.29, 0.717) is 48.6 Å². The first-order valence-corrected chi connectivity index (χ1v) is 12.2. The van der Waals surface area contributed by atoms with Crippen LogP contribution in [0.15, 0.2) is 54.7 Å². The molecule has 1 amide bonds. The molecule has 1 aliphatic rings. The number of carbonyl (C=O) groups excluding carboxylic acids is 1. The van der Waals surface area contributed by atoms with Crippen LogP contribution in [0.25, 0.3) is 0 Å². The lowest BCUT2D eigenvalue weighted by Gasteiger charge is -2.33. The SMILES string of the molecule is COc1cc(Nc2nccc(N3CCCC(C(=O)NCCOc4ccccc4)C3)n2)cc(OC)c1OC. The first-order valence-electron chi connectivity index (χ1n) is 12.2. The zero-order chi connectivity index (χ0) is 26.0. The normalized spacial score (nSPS) is 15.0. The Hall–Kier alpha value is -4.21. The molecule has 0 radical (unpaired) electrons. The fraction of sp³-hybridized carbons (Fsp3) is 0.370. The summed E-state index contributed by atoms with van der Waals surface area (Å²) in [4.78, 5) is 24.0. The Morgan fingerprint density at radius 1 is 1.05 bits per heavy atom. The minimum Gasteiger partial charge on any atom is -0.493 e. The van der Waals surface area contributed by atoms with Crippen LogP contribution < -0.4 is 34.5 Å². The maximum Gasteiger partial charge on any atom is 0.229 e. The number of nitrogens with one attached hydrogen (secondary N) is 2. The van der Waals surface area contributed by atoms with E-state index in [1.807, 2.05) is 36.4 Å². The van der Waals surface area contributed by atoms with Crippen molar-refractivity contribution in [3.8, 4) is 23.0 Å². The van der Waals surface area contributed by atoms with Crippen molar-refractivity contribution in [2.24, 2.45) is 5.92 Å². The molecule has 1 atom stereocenters. The molecular formula is C27H33N5O5. The first-order chi connectivity index (χ1) is 18.1. The number of benzene rings is 2. The average molecular weight is 508 g/mol. The van der Waals surface area contributed by atoms with Crippen LogP contribution >= 0.6 is 0 Å². The molecule has 2 aromatic carbocycles. The molecule has 1 aliphatic heterocycles. The smallest absolute Gasteiger partial charge is 0.229 e. The first kappa shape index (κ1) is 25.9. The van der Waals surface area contributed by atoms with Gasteiger partial charge in [0.15, 0.2) is 11.5 Å². The van der Waals surface area contributed by atoms with E-state index in [-0.39, 0.29) is 11.8 Å². The maximum atomic E-state index is 12.8. The second kappa shape index (κ2) is 12.7. The minimum absolute atomic E-state index is 0.0335. The van der Waals surface area contributed by atoms with Crippen molar-refractivity contribution in [3.63, 3.8) is 0 Å². The van der Waals surface area contributed by atoms with Gasteiger partial charge in [-0.15, -0.1) is 0 Å². The number of aromatic nitrogens is 2. The van der Waals surface area contributed by atoms with Gasteiger partial charge in [0.2, 0.25) is 17.6 Å². The molecular weight excluding hydrogens is 474 g/mol. The number of nitrogens with zero attached hydrogens (tertiary/aromatic N) is 3. The molecule has 1 aromatic heterocycles. The summed E-state index contributed by atoms with van der Waals surface area (Å²) in [6, 6.07) is 15.0. The van der Waals surface area contributed by atoms with Crippen LogP contribution in [0.1, 0.15) is 12.8 Å². The number of amides is 1. The monoisotopic (exact) mass is 507 g/mol. The molecule has 1 unspecified atom stereocenters. The fourth-order valence-corrected chi connectivity index (χ4v) is 4.27. The Labute approximate surface area is 216 Å². The van der Waals surface area contributed by atoms with Gasteiger partial charge in [-0.05, 0) is 31.0 Å². The third kappa shape index (κ3) is 6.72. The van der Waals surface area contributed by atoms with Crippen LogP contribution in [0.3, 0.4) is 0 Å². The topological polar surface area (TPSA) is 107 Å². The summed E-state index contributed by atoms with van der Waals surface area (Å²) < 4.78 is 21.9. The zero-order valence-electron chi connectivity index (χ0n) is 21.4. The molecule has 196 valence electrons. The van der Waals surface area contributed by atoms with Gasteiger partial charge in [0.05, 0.1) is 33.8 Å². The van der Waals surface area contributed by atoms with Crippen molar-refractivity contribution in [1.29, 1.82) is 0 Å². The van der Waals surface area contributed by atoms with Crippen molar-refractivity contribution in [1.82, 2.24) is 15.3 Å². The predicted molar refractivity (Wildman–Crippen MR) is 141 cm³/mol. The fourth-order valence-electron chi connectivity index (χ4n) is 4.27. The molecule has 0 saturated carbocycles. The van der Waals surface area contributed by atoms with Crippen molar-refractivity contribution >= 4 is 23.4 Å². The highest BCUT2D eigenvalue weighted by molar-refractivity contribution is 5.79. The molecule has 2 heterocycles. The van der Waals surface area contributed by atoms with E-state index in [1.165, 1.54) is 0 Å². The average Bonchev–Trinajstić information content (AvgIpc) is 2.95. The Morgan fingerprint density at radius 2 is 1.81 bits per heavy atom. The third-order valence-electron chi connectivity index (χ3n) is 6.09. The van der Waals surface area contributed by atoms with Gasteiger partial charge in [0.25, 0.3) is 0 Å². The van der Waals surface area contributed by atoms with Gasteiger partial charge >= 0.3 is 0 Å². The molecule has 1 fully saturated rings. The van der Waals surface area contributed by atoms with Gasteiger partial charge in [-0.1, -0.05) is 18.2 Å². The van der Waals surface area contributed by atoms with Crippen LogP contribution in [0, 0.1) is 5.92 Å². The van der Waals surface area contributed by atoms with Gasteiger partial charge < -0.3 is 34.5 Å². The lowest BCUT2D eigenvalue weighted by Crippen LogP contribution is -2.44.